The fourth-order valence-corrected chi connectivity index (χ4v) is 4.13. The van der Waals surface area contributed by atoms with E-state index in [0.29, 0.717) is 16.4 Å². The molecule has 4 aromatic rings. The first-order valence-corrected chi connectivity index (χ1v) is 10.6. The Bertz CT molecular complexity index is 1190. The van der Waals surface area contributed by atoms with Gasteiger partial charge in [0.25, 0.3) is 0 Å². The van der Waals surface area contributed by atoms with Crippen LogP contribution in [0.5, 0.6) is 0 Å². The van der Waals surface area contributed by atoms with Gasteiger partial charge in [0, 0.05) is 16.9 Å². The standard InChI is InChI=1S/C24H20N4O2S/c1-17(29)19-11-8-12-20(15-19)26-23(30)22(18-9-4-2-5-10-18)31-24-27-25-16-28(24)21-13-6-3-7-14-21/h2-16,22H,1H3,(H,26,30)/t22-/m0/s1. The molecule has 3 aromatic carbocycles. The van der Waals surface area contributed by atoms with Crippen molar-refractivity contribution in [3.05, 3.63) is 102 Å². The lowest BCUT2D eigenvalue weighted by Gasteiger charge is -2.17. The van der Waals surface area contributed by atoms with Crippen LogP contribution in [-0.4, -0.2) is 26.5 Å². The van der Waals surface area contributed by atoms with Crippen LogP contribution in [0.15, 0.2) is 96.4 Å². The zero-order valence-corrected chi connectivity index (χ0v) is 17.6. The number of hydrogen-bond acceptors (Lipinski definition) is 5. The molecule has 31 heavy (non-hydrogen) atoms. The van der Waals surface area contributed by atoms with Gasteiger partial charge in [0.2, 0.25) is 5.91 Å². The maximum atomic E-state index is 13.3. The van der Waals surface area contributed by atoms with Crippen LogP contribution in [0.3, 0.4) is 0 Å². The average molecular weight is 429 g/mol. The molecule has 0 bridgehead atoms. The molecule has 1 aromatic heterocycles. The van der Waals surface area contributed by atoms with Crippen LogP contribution < -0.4 is 5.32 Å². The summed E-state index contributed by atoms with van der Waals surface area (Å²) in [4.78, 5) is 25.0. The number of thioether (sulfide) groups is 1. The highest BCUT2D eigenvalue weighted by Crippen LogP contribution is 2.36. The van der Waals surface area contributed by atoms with Crippen LogP contribution >= 0.6 is 11.8 Å². The number of para-hydroxylation sites is 1. The number of nitrogens with one attached hydrogen (secondary N) is 1. The molecule has 0 spiro atoms. The Kier molecular flexibility index (Phi) is 6.24. The molecular formula is C24H20N4O2S. The summed E-state index contributed by atoms with van der Waals surface area (Å²) in [6.07, 6.45) is 1.63. The third kappa shape index (κ3) is 4.90. The minimum atomic E-state index is -0.561. The predicted octanol–water partition coefficient (Wildman–Crippen LogP) is 4.94. The lowest BCUT2D eigenvalue weighted by atomic mass is 10.1. The minimum Gasteiger partial charge on any atom is -0.325 e. The van der Waals surface area contributed by atoms with Crippen molar-refractivity contribution in [2.24, 2.45) is 0 Å². The van der Waals surface area contributed by atoms with E-state index in [1.165, 1.54) is 18.7 Å². The van der Waals surface area contributed by atoms with Crippen molar-refractivity contribution in [2.45, 2.75) is 17.3 Å². The number of benzene rings is 3. The lowest BCUT2D eigenvalue weighted by Crippen LogP contribution is -2.19. The van der Waals surface area contributed by atoms with Gasteiger partial charge in [0.1, 0.15) is 11.6 Å². The fourth-order valence-electron chi connectivity index (χ4n) is 3.10. The van der Waals surface area contributed by atoms with Crippen LogP contribution in [0, 0.1) is 0 Å². The molecule has 0 aliphatic rings. The Morgan fingerprint density at radius 2 is 1.65 bits per heavy atom. The van der Waals surface area contributed by atoms with Gasteiger partial charge in [-0.05, 0) is 36.8 Å². The van der Waals surface area contributed by atoms with Crippen molar-refractivity contribution >= 4 is 29.1 Å². The van der Waals surface area contributed by atoms with Crippen molar-refractivity contribution < 1.29 is 9.59 Å². The van der Waals surface area contributed by atoms with Gasteiger partial charge in [0.05, 0.1) is 0 Å². The Morgan fingerprint density at radius 3 is 2.35 bits per heavy atom. The molecule has 0 unspecified atom stereocenters. The van der Waals surface area contributed by atoms with Crippen molar-refractivity contribution in [1.29, 1.82) is 0 Å². The van der Waals surface area contributed by atoms with Gasteiger partial charge in [-0.15, -0.1) is 10.2 Å². The van der Waals surface area contributed by atoms with Crippen LogP contribution in [0.4, 0.5) is 5.69 Å². The molecule has 0 radical (unpaired) electrons. The summed E-state index contributed by atoms with van der Waals surface area (Å²) >= 11 is 1.32. The van der Waals surface area contributed by atoms with Gasteiger partial charge in [-0.25, -0.2) is 0 Å². The van der Waals surface area contributed by atoms with Crippen LogP contribution in [-0.2, 0) is 4.79 Å². The summed E-state index contributed by atoms with van der Waals surface area (Å²) < 4.78 is 1.85. The second-order valence-electron chi connectivity index (χ2n) is 6.85. The zero-order valence-electron chi connectivity index (χ0n) is 16.8. The molecule has 1 amide bonds. The number of anilines is 1. The van der Waals surface area contributed by atoms with E-state index >= 15 is 0 Å². The second-order valence-corrected chi connectivity index (χ2v) is 7.93. The Morgan fingerprint density at radius 1 is 0.935 bits per heavy atom. The summed E-state index contributed by atoms with van der Waals surface area (Å²) in [7, 11) is 0. The summed E-state index contributed by atoms with van der Waals surface area (Å²) in [6, 6.07) is 26.2. The predicted molar refractivity (Wildman–Crippen MR) is 121 cm³/mol. The van der Waals surface area contributed by atoms with Gasteiger partial charge in [-0.1, -0.05) is 72.4 Å². The second kappa shape index (κ2) is 9.40. The smallest absolute Gasteiger partial charge is 0.242 e. The number of carbonyl (C=O) groups is 2. The third-order valence-electron chi connectivity index (χ3n) is 4.65. The first kappa shape index (κ1) is 20.6. The molecule has 1 atom stereocenters. The first-order valence-electron chi connectivity index (χ1n) is 9.71. The lowest BCUT2D eigenvalue weighted by molar-refractivity contribution is -0.115. The van der Waals surface area contributed by atoms with Crippen LogP contribution in [0.25, 0.3) is 5.69 Å². The van der Waals surface area contributed by atoms with E-state index in [2.05, 4.69) is 15.5 Å². The first-order chi connectivity index (χ1) is 15.1. The quantitative estimate of drug-likeness (QED) is 0.333. The summed E-state index contributed by atoms with van der Waals surface area (Å²) in [5.74, 6) is -0.263. The summed E-state index contributed by atoms with van der Waals surface area (Å²) in [5.41, 5.74) is 2.88. The molecule has 0 aliphatic heterocycles. The van der Waals surface area contributed by atoms with Crippen LogP contribution in [0.1, 0.15) is 28.1 Å². The molecule has 1 N–H and O–H groups in total. The van der Waals surface area contributed by atoms with Crippen molar-refractivity contribution in [3.8, 4) is 5.69 Å². The molecule has 7 heteroatoms. The Balaban J connectivity index is 1.64. The van der Waals surface area contributed by atoms with Crippen LogP contribution in [0.2, 0.25) is 0 Å². The van der Waals surface area contributed by atoms with Crippen molar-refractivity contribution in [1.82, 2.24) is 14.8 Å². The number of Topliss-reactive ketones (excluding diaryl/α,β-unsaturated/α-hetero) is 1. The van der Waals surface area contributed by atoms with E-state index < -0.39 is 5.25 Å². The number of ketones is 1. The molecule has 0 aliphatic carbocycles. The largest absolute Gasteiger partial charge is 0.325 e. The maximum Gasteiger partial charge on any atom is 0.242 e. The van der Waals surface area contributed by atoms with E-state index in [1.54, 1.807) is 30.6 Å². The molecule has 1 heterocycles. The van der Waals surface area contributed by atoms with E-state index in [1.807, 2.05) is 65.2 Å². The third-order valence-corrected chi connectivity index (χ3v) is 5.86. The summed E-state index contributed by atoms with van der Waals surface area (Å²) in [6.45, 7) is 1.50. The van der Waals surface area contributed by atoms with Gasteiger partial charge < -0.3 is 5.32 Å². The monoisotopic (exact) mass is 428 g/mol. The molecule has 6 nitrogen and oxygen atoms in total. The SMILES string of the molecule is CC(=O)c1cccc(NC(=O)[C@@H](Sc2nncn2-c2ccccc2)c2ccccc2)c1. The van der Waals surface area contributed by atoms with E-state index in [9.17, 15) is 9.59 Å². The molecule has 4 rings (SSSR count). The van der Waals surface area contributed by atoms with E-state index in [0.717, 1.165) is 11.3 Å². The number of rotatable bonds is 7. The highest BCUT2D eigenvalue weighted by Gasteiger charge is 2.25. The van der Waals surface area contributed by atoms with Gasteiger partial charge in [-0.3, -0.25) is 14.2 Å². The molecule has 0 saturated heterocycles. The molecule has 0 fully saturated rings. The van der Waals surface area contributed by atoms with E-state index in [4.69, 9.17) is 0 Å². The van der Waals surface area contributed by atoms with Gasteiger partial charge >= 0.3 is 0 Å². The topological polar surface area (TPSA) is 76.9 Å². The summed E-state index contributed by atoms with van der Waals surface area (Å²) in [5, 5.41) is 11.3. The minimum absolute atomic E-state index is 0.0546. The normalized spacial score (nSPS) is 11.6. The van der Waals surface area contributed by atoms with Crippen molar-refractivity contribution in [2.75, 3.05) is 5.32 Å². The molecule has 154 valence electrons. The maximum absolute atomic E-state index is 13.3. The van der Waals surface area contributed by atoms with Crippen molar-refractivity contribution in [3.63, 3.8) is 0 Å². The highest BCUT2D eigenvalue weighted by molar-refractivity contribution is 8.00. The van der Waals surface area contributed by atoms with Gasteiger partial charge in [0.15, 0.2) is 10.9 Å². The van der Waals surface area contributed by atoms with Gasteiger partial charge in [-0.2, -0.15) is 0 Å². The number of amides is 1. The number of nitrogens with zero attached hydrogens (tertiary/aromatic N) is 3. The average Bonchev–Trinajstić information content (AvgIpc) is 3.27. The zero-order chi connectivity index (χ0) is 21.6. The Hall–Kier alpha value is -3.71. The fraction of sp³-hybridized carbons (Fsp3) is 0.0833. The number of aromatic nitrogens is 3. The number of carbonyl (C=O) groups excluding carboxylic acids is 2. The molecular weight excluding hydrogens is 408 g/mol. The highest BCUT2D eigenvalue weighted by atomic mass is 32.2. The Labute approximate surface area is 184 Å². The molecule has 0 saturated carbocycles. The number of hydrogen-bond donors (Lipinski definition) is 1. The van der Waals surface area contributed by atoms with E-state index in [-0.39, 0.29) is 11.7 Å².